The summed E-state index contributed by atoms with van der Waals surface area (Å²) in [6, 6.07) is -1.97. The van der Waals surface area contributed by atoms with Crippen LogP contribution in [0.25, 0.3) is 0 Å². The molecule has 0 spiro atoms. The van der Waals surface area contributed by atoms with Gasteiger partial charge in [-0.05, 0) is 18.4 Å². The monoisotopic (exact) mass is 384 g/mol. The highest BCUT2D eigenvalue weighted by Gasteiger charge is 2.48. The number of fused-ring (bicyclic) bond motifs is 2. The first kappa shape index (κ1) is 18.2. The Balaban J connectivity index is 1.70. The van der Waals surface area contributed by atoms with Crippen molar-refractivity contribution in [1.82, 2.24) is 19.9 Å². The van der Waals surface area contributed by atoms with E-state index in [4.69, 9.17) is 10.3 Å². The molecule has 2 atom stereocenters. The fourth-order valence-electron chi connectivity index (χ4n) is 2.99. The maximum atomic E-state index is 12.3. The van der Waals surface area contributed by atoms with Gasteiger partial charge in [0.25, 0.3) is 5.91 Å². The highest BCUT2D eigenvalue weighted by atomic mass is 32.3. The number of amides is 3. The van der Waals surface area contributed by atoms with Crippen LogP contribution in [0.1, 0.15) is 18.4 Å². The van der Waals surface area contributed by atoms with E-state index in [-0.39, 0.29) is 18.8 Å². The molecular formula is C13H16N6O6S. The first-order valence-electron chi connectivity index (χ1n) is 7.62. The smallest absolute Gasteiger partial charge is 0.385 e. The molecule has 0 saturated carbocycles. The van der Waals surface area contributed by atoms with Crippen LogP contribution in [-0.4, -0.2) is 69.3 Å². The van der Waals surface area contributed by atoms with Crippen molar-refractivity contribution in [3.63, 3.8) is 0 Å². The summed E-state index contributed by atoms with van der Waals surface area (Å²) in [5.74, 6) is -0.565. The van der Waals surface area contributed by atoms with Gasteiger partial charge >= 0.3 is 16.4 Å². The van der Waals surface area contributed by atoms with Gasteiger partial charge in [-0.2, -0.15) is 18.5 Å². The molecule has 3 rings (SSSR count). The van der Waals surface area contributed by atoms with E-state index in [2.05, 4.69) is 19.2 Å². The van der Waals surface area contributed by atoms with E-state index >= 15 is 0 Å². The summed E-state index contributed by atoms with van der Waals surface area (Å²) in [5, 5.41) is 0.603. The standard InChI is InChI=1S/C13H16N6O6S/c14-12(17-11(20)3-8-4-15-7-16-5-8)10-2-1-9-6-18(10)13(21)19(9)25-26(22,23)24/h4-5,7,9-10H,1-3,6H2,(H2,14,17,20)(H,22,23,24)/t9-,10+/m1/s1. The summed E-state index contributed by atoms with van der Waals surface area (Å²) in [5.41, 5.74) is 6.47. The average Bonchev–Trinajstić information content (AvgIpc) is 2.79. The highest BCUT2D eigenvalue weighted by molar-refractivity contribution is 7.80. The van der Waals surface area contributed by atoms with Crippen molar-refractivity contribution in [3.8, 4) is 0 Å². The quantitative estimate of drug-likeness (QED) is 0.364. The van der Waals surface area contributed by atoms with E-state index in [1.165, 1.54) is 23.6 Å². The summed E-state index contributed by atoms with van der Waals surface area (Å²) in [7, 11) is -4.82. The average molecular weight is 384 g/mol. The molecule has 3 heterocycles. The lowest BCUT2D eigenvalue weighted by atomic mass is 10.00. The lowest BCUT2D eigenvalue weighted by molar-refractivity contribution is -0.117. The number of hydrogen-bond donors (Lipinski definition) is 2. The fourth-order valence-corrected chi connectivity index (χ4v) is 3.38. The Labute approximate surface area is 148 Å². The molecule has 0 unspecified atom stereocenters. The van der Waals surface area contributed by atoms with Crippen molar-refractivity contribution in [1.29, 1.82) is 0 Å². The summed E-state index contributed by atoms with van der Waals surface area (Å²) < 4.78 is 34.9. The van der Waals surface area contributed by atoms with Crippen LogP contribution in [0.15, 0.2) is 23.7 Å². The van der Waals surface area contributed by atoms with Crippen LogP contribution in [0, 0.1) is 0 Å². The van der Waals surface area contributed by atoms with Crippen molar-refractivity contribution >= 4 is 28.2 Å². The molecule has 1 aromatic heterocycles. The Morgan fingerprint density at radius 1 is 1.38 bits per heavy atom. The number of amidine groups is 1. The van der Waals surface area contributed by atoms with Gasteiger partial charge in [-0.3, -0.25) is 9.35 Å². The molecule has 2 aliphatic rings. The van der Waals surface area contributed by atoms with Gasteiger partial charge in [0, 0.05) is 18.9 Å². The largest absolute Gasteiger partial charge is 0.418 e. The molecule has 0 aliphatic carbocycles. The van der Waals surface area contributed by atoms with E-state index < -0.39 is 34.4 Å². The minimum atomic E-state index is -4.82. The Kier molecular flexibility index (Phi) is 4.84. The third-order valence-electron chi connectivity index (χ3n) is 4.06. The first-order valence-corrected chi connectivity index (χ1v) is 8.98. The molecule has 26 heavy (non-hydrogen) atoms. The molecular weight excluding hydrogens is 368 g/mol. The predicted molar refractivity (Wildman–Crippen MR) is 85.8 cm³/mol. The number of aliphatic imine (C=N–C) groups is 1. The molecule has 3 N–H and O–H groups in total. The van der Waals surface area contributed by atoms with Crippen molar-refractivity contribution in [2.24, 2.45) is 10.7 Å². The molecule has 0 aromatic carbocycles. The van der Waals surface area contributed by atoms with Gasteiger partial charge < -0.3 is 10.6 Å². The van der Waals surface area contributed by atoms with Gasteiger partial charge in [0.1, 0.15) is 12.2 Å². The first-order chi connectivity index (χ1) is 12.2. The second kappa shape index (κ2) is 6.93. The molecule has 12 nitrogen and oxygen atoms in total. The maximum absolute atomic E-state index is 12.3. The highest BCUT2D eigenvalue weighted by Crippen LogP contribution is 2.30. The molecule has 3 amide bonds. The van der Waals surface area contributed by atoms with Gasteiger partial charge in [0.05, 0.1) is 18.5 Å². The van der Waals surface area contributed by atoms with E-state index in [1.807, 2.05) is 0 Å². The Morgan fingerprint density at radius 3 is 2.73 bits per heavy atom. The van der Waals surface area contributed by atoms with Crippen molar-refractivity contribution < 1.29 is 26.8 Å². The van der Waals surface area contributed by atoms with E-state index in [9.17, 15) is 18.0 Å². The molecule has 2 bridgehead atoms. The van der Waals surface area contributed by atoms with Crippen LogP contribution in [0.2, 0.25) is 0 Å². The zero-order chi connectivity index (χ0) is 18.9. The lowest BCUT2D eigenvalue weighted by Crippen LogP contribution is -2.48. The zero-order valence-electron chi connectivity index (χ0n) is 13.4. The number of urea groups is 1. The number of nitrogens with two attached hydrogens (primary N) is 1. The van der Waals surface area contributed by atoms with Crippen LogP contribution in [0.3, 0.4) is 0 Å². The normalized spacial score (nSPS) is 23.4. The number of rotatable bonds is 5. The van der Waals surface area contributed by atoms with E-state index in [0.717, 1.165) is 0 Å². The minimum absolute atomic E-state index is 0.0389. The lowest BCUT2D eigenvalue weighted by Gasteiger charge is -2.29. The second-order valence-electron chi connectivity index (χ2n) is 5.86. The van der Waals surface area contributed by atoms with Gasteiger partial charge in [-0.15, -0.1) is 4.28 Å². The van der Waals surface area contributed by atoms with Crippen LogP contribution in [0.5, 0.6) is 0 Å². The van der Waals surface area contributed by atoms with Crippen molar-refractivity contribution in [3.05, 3.63) is 24.3 Å². The summed E-state index contributed by atoms with van der Waals surface area (Å²) in [6.07, 6.45) is 5.01. The summed E-state index contributed by atoms with van der Waals surface area (Å²) >= 11 is 0. The number of piperidine rings is 1. The molecule has 140 valence electrons. The number of hydrogen-bond acceptors (Lipinski definition) is 7. The molecule has 2 saturated heterocycles. The van der Waals surface area contributed by atoms with Crippen LogP contribution in [-0.2, 0) is 25.9 Å². The maximum Gasteiger partial charge on any atom is 0.418 e. The predicted octanol–water partition coefficient (Wildman–Crippen LogP) is -1.09. The van der Waals surface area contributed by atoms with Crippen molar-refractivity contribution in [2.45, 2.75) is 31.3 Å². The molecule has 2 aliphatic heterocycles. The number of nitrogens with zero attached hydrogens (tertiary/aromatic N) is 5. The number of carbonyl (C=O) groups excluding carboxylic acids is 2. The molecule has 13 heteroatoms. The third-order valence-corrected chi connectivity index (χ3v) is 4.41. The second-order valence-corrected chi connectivity index (χ2v) is 6.87. The number of hydroxylamine groups is 2. The summed E-state index contributed by atoms with van der Waals surface area (Å²) in [6.45, 7) is 0.149. The number of aromatic nitrogens is 2. The number of carbonyl (C=O) groups is 2. The van der Waals surface area contributed by atoms with Crippen LogP contribution in [0.4, 0.5) is 4.79 Å². The minimum Gasteiger partial charge on any atom is -0.385 e. The molecule has 2 fully saturated rings. The Morgan fingerprint density at radius 2 is 2.08 bits per heavy atom. The Bertz CT molecular complexity index is 844. The van der Waals surface area contributed by atoms with E-state index in [0.29, 0.717) is 23.5 Å². The molecule has 1 aromatic rings. The van der Waals surface area contributed by atoms with Crippen molar-refractivity contribution in [2.75, 3.05) is 6.54 Å². The van der Waals surface area contributed by atoms with Gasteiger partial charge in [0.15, 0.2) is 0 Å². The van der Waals surface area contributed by atoms with E-state index in [1.54, 1.807) is 0 Å². The topological polar surface area (TPSA) is 168 Å². The van der Waals surface area contributed by atoms with Gasteiger partial charge in [-0.1, -0.05) is 0 Å². The zero-order valence-corrected chi connectivity index (χ0v) is 14.2. The summed E-state index contributed by atoms with van der Waals surface area (Å²) in [4.78, 5) is 37.0. The van der Waals surface area contributed by atoms with Crippen LogP contribution < -0.4 is 5.73 Å². The van der Waals surface area contributed by atoms with Gasteiger partial charge in [-0.25, -0.2) is 14.8 Å². The third kappa shape index (κ3) is 3.95. The van der Waals surface area contributed by atoms with Crippen LogP contribution >= 0.6 is 0 Å². The van der Waals surface area contributed by atoms with Gasteiger partial charge in [0.2, 0.25) is 0 Å². The SMILES string of the molecule is NC(=NC(=O)Cc1cncnc1)[C@@H]1CC[C@@H]2CN1C(=O)N2OS(=O)(=O)O. The Hall–Kier alpha value is -2.64. The molecule has 0 radical (unpaired) electrons. The fraction of sp³-hybridized carbons (Fsp3) is 0.462.